The summed E-state index contributed by atoms with van der Waals surface area (Å²) in [5.41, 5.74) is 7.63. The molecule has 0 bridgehead atoms. The minimum atomic E-state index is -0.790. The van der Waals surface area contributed by atoms with Gasteiger partial charge >= 0.3 is 0 Å². The number of rotatable bonds is 1. The van der Waals surface area contributed by atoms with E-state index in [9.17, 15) is 9.90 Å². The van der Waals surface area contributed by atoms with E-state index < -0.39 is 12.0 Å². The lowest BCUT2D eigenvalue weighted by Gasteiger charge is -2.35. The molecular weight excluding hydrogens is 348 g/mol. The highest BCUT2D eigenvalue weighted by Gasteiger charge is 2.51. The van der Waals surface area contributed by atoms with Crippen LogP contribution in [-0.2, 0) is 11.8 Å². The maximum Gasteiger partial charge on any atom is 0.213 e. The molecule has 1 aromatic heterocycles. The quantitative estimate of drug-likeness (QED) is 0.523. The van der Waals surface area contributed by atoms with Crippen LogP contribution in [0, 0.1) is 6.92 Å². The fourth-order valence-electron chi connectivity index (χ4n) is 4.89. The minimum Gasteiger partial charge on any atom is -0.387 e. The molecule has 1 aliphatic carbocycles. The number of benzene rings is 2. The van der Waals surface area contributed by atoms with Gasteiger partial charge in [0.15, 0.2) is 11.5 Å². The first-order valence-corrected chi connectivity index (χ1v) is 9.61. The number of aromatic nitrogens is 1. The van der Waals surface area contributed by atoms with Gasteiger partial charge in [0.2, 0.25) is 5.69 Å². The Hall–Kier alpha value is -2.98. The van der Waals surface area contributed by atoms with E-state index >= 15 is 0 Å². The molecule has 3 aromatic rings. The van der Waals surface area contributed by atoms with Crippen LogP contribution in [0.4, 0.5) is 5.69 Å². The number of ketones is 1. The van der Waals surface area contributed by atoms with Gasteiger partial charge in [0.05, 0.1) is 23.2 Å². The molecule has 2 unspecified atom stereocenters. The van der Waals surface area contributed by atoms with Gasteiger partial charge in [-0.05, 0) is 24.6 Å². The summed E-state index contributed by atoms with van der Waals surface area (Å²) in [6.07, 6.45) is -0.790. The average molecular weight is 371 g/mol. The zero-order chi connectivity index (χ0) is 19.7. The number of carbonyl (C=O) groups excluding carboxylic acids is 1. The number of allylic oxidation sites excluding steroid dienone is 1. The van der Waals surface area contributed by atoms with Gasteiger partial charge < -0.3 is 9.67 Å². The van der Waals surface area contributed by atoms with E-state index in [0.29, 0.717) is 5.57 Å². The van der Waals surface area contributed by atoms with E-state index in [1.54, 1.807) is 0 Å². The number of hydrogen-bond donors (Lipinski definition) is 1. The van der Waals surface area contributed by atoms with Gasteiger partial charge in [-0.3, -0.25) is 4.79 Å². The van der Waals surface area contributed by atoms with Crippen LogP contribution >= 0.6 is 0 Å². The maximum absolute atomic E-state index is 13.4. The lowest BCUT2D eigenvalue weighted by molar-refractivity contribution is -0.401. The molecule has 4 heteroatoms. The van der Waals surface area contributed by atoms with Crippen molar-refractivity contribution in [2.45, 2.75) is 25.9 Å². The SMILES string of the molecule is CC1=[N+](C)c2ccccc2C1=C1C(=O)C(c2c(C)n(C)c3ccccc23)C1O. The first-order chi connectivity index (χ1) is 13.4. The first kappa shape index (κ1) is 17.1. The van der Waals surface area contributed by atoms with Crippen molar-refractivity contribution >= 4 is 33.7 Å². The molecule has 2 heterocycles. The number of nitrogens with zero attached hydrogens (tertiary/aromatic N) is 2. The predicted octanol–water partition coefficient (Wildman–Crippen LogP) is 3.72. The fourth-order valence-corrected chi connectivity index (χ4v) is 4.89. The molecule has 140 valence electrons. The topological polar surface area (TPSA) is 45.2 Å². The van der Waals surface area contributed by atoms with Crippen molar-refractivity contribution in [2.24, 2.45) is 7.05 Å². The molecule has 1 fully saturated rings. The Balaban J connectivity index is 1.68. The third-order valence-corrected chi connectivity index (χ3v) is 6.59. The molecule has 2 aliphatic rings. The Bertz CT molecular complexity index is 1240. The summed E-state index contributed by atoms with van der Waals surface area (Å²) in [6.45, 7) is 4.04. The Labute approximate surface area is 164 Å². The molecule has 0 radical (unpaired) electrons. The highest BCUT2D eigenvalue weighted by Crippen LogP contribution is 2.48. The van der Waals surface area contributed by atoms with Crippen LogP contribution in [0.5, 0.6) is 0 Å². The van der Waals surface area contributed by atoms with Gasteiger partial charge in [-0.2, -0.15) is 4.58 Å². The highest BCUT2D eigenvalue weighted by atomic mass is 16.3. The van der Waals surface area contributed by atoms with Crippen LogP contribution < -0.4 is 0 Å². The summed E-state index contributed by atoms with van der Waals surface area (Å²) >= 11 is 0. The van der Waals surface area contributed by atoms with Gasteiger partial charge in [-0.15, -0.1) is 0 Å². The highest BCUT2D eigenvalue weighted by molar-refractivity contribution is 6.32. The second-order valence-electron chi connectivity index (χ2n) is 7.81. The van der Waals surface area contributed by atoms with Crippen LogP contribution in [0.15, 0.2) is 54.1 Å². The molecule has 0 saturated heterocycles. The molecule has 28 heavy (non-hydrogen) atoms. The zero-order valence-corrected chi connectivity index (χ0v) is 16.5. The van der Waals surface area contributed by atoms with Crippen molar-refractivity contribution in [1.29, 1.82) is 0 Å². The molecule has 0 amide bonds. The summed E-state index contributed by atoms with van der Waals surface area (Å²) in [7, 11) is 4.01. The van der Waals surface area contributed by atoms with Gasteiger partial charge in [-0.25, -0.2) is 0 Å². The fraction of sp³-hybridized carbons (Fsp3) is 0.250. The van der Waals surface area contributed by atoms with Crippen LogP contribution in [0.1, 0.15) is 29.7 Å². The first-order valence-electron chi connectivity index (χ1n) is 9.61. The molecule has 0 spiro atoms. The Morgan fingerprint density at radius 2 is 1.71 bits per heavy atom. The number of aliphatic hydroxyl groups is 1. The smallest absolute Gasteiger partial charge is 0.213 e. The van der Waals surface area contributed by atoms with E-state index in [0.717, 1.165) is 44.7 Å². The summed E-state index contributed by atoms with van der Waals surface area (Å²) in [5, 5.41) is 12.2. The minimum absolute atomic E-state index is 0.0337. The Kier molecular flexibility index (Phi) is 3.52. The summed E-state index contributed by atoms with van der Waals surface area (Å²) in [6, 6.07) is 16.1. The summed E-state index contributed by atoms with van der Waals surface area (Å²) in [5.74, 6) is -0.467. The van der Waals surface area contributed by atoms with Gasteiger partial charge in [-0.1, -0.05) is 30.3 Å². The van der Waals surface area contributed by atoms with Crippen molar-refractivity contribution in [3.8, 4) is 0 Å². The third-order valence-electron chi connectivity index (χ3n) is 6.59. The molecule has 5 rings (SSSR count). The second kappa shape index (κ2) is 5.76. The van der Waals surface area contributed by atoms with Crippen molar-refractivity contribution < 1.29 is 14.5 Å². The predicted molar refractivity (Wildman–Crippen MR) is 111 cm³/mol. The zero-order valence-electron chi connectivity index (χ0n) is 16.5. The van der Waals surface area contributed by atoms with E-state index in [-0.39, 0.29) is 5.78 Å². The van der Waals surface area contributed by atoms with E-state index in [2.05, 4.69) is 15.2 Å². The number of aryl methyl sites for hydroxylation is 1. The van der Waals surface area contributed by atoms with Crippen LogP contribution in [0.3, 0.4) is 0 Å². The number of Topliss-reactive ketones (excluding diaryl/α,β-unsaturated/α-hetero) is 1. The van der Waals surface area contributed by atoms with E-state index in [1.165, 1.54) is 0 Å². The number of aliphatic hydroxyl groups excluding tert-OH is 1. The van der Waals surface area contributed by atoms with Crippen molar-refractivity contribution in [2.75, 3.05) is 7.05 Å². The lowest BCUT2D eigenvalue weighted by atomic mass is 9.68. The lowest BCUT2D eigenvalue weighted by Crippen LogP contribution is -2.44. The normalized spacial score (nSPS) is 24.1. The second-order valence-corrected chi connectivity index (χ2v) is 7.81. The molecular formula is C24H23N2O2+. The molecule has 4 nitrogen and oxygen atoms in total. The van der Waals surface area contributed by atoms with Crippen LogP contribution in [0.2, 0.25) is 0 Å². The van der Waals surface area contributed by atoms with Crippen molar-refractivity contribution in [1.82, 2.24) is 4.57 Å². The molecule has 1 aliphatic heterocycles. The number of fused-ring (bicyclic) bond motifs is 2. The van der Waals surface area contributed by atoms with Gasteiger partial charge in [0, 0.05) is 42.2 Å². The van der Waals surface area contributed by atoms with Gasteiger partial charge in [0.1, 0.15) is 7.05 Å². The van der Waals surface area contributed by atoms with E-state index in [4.69, 9.17) is 0 Å². The third kappa shape index (κ3) is 1.98. The van der Waals surface area contributed by atoms with Crippen molar-refractivity contribution in [3.63, 3.8) is 0 Å². The summed E-state index contributed by atoms with van der Waals surface area (Å²) < 4.78 is 4.19. The number of para-hydroxylation sites is 2. The average Bonchev–Trinajstić information content (AvgIpc) is 3.10. The van der Waals surface area contributed by atoms with Crippen LogP contribution in [-0.4, -0.2) is 38.9 Å². The molecule has 1 N–H and O–H groups in total. The van der Waals surface area contributed by atoms with Crippen LogP contribution in [0.25, 0.3) is 16.5 Å². The number of carbonyl (C=O) groups is 1. The Morgan fingerprint density at radius 1 is 1.04 bits per heavy atom. The molecule has 2 atom stereocenters. The van der Waals surface area contributed by atoms with Crippen molar-refractivity contribution in [3.05, 3.63) is 70.9 Å². The summed E-state index contributed by atoms with van der Waals surface area (Å²) in [4.78, 5) is 13.4. The van der Waals surface area contributed by atoms with E-state index in [1.807, 2.05) is 70.4 Å². The van der Waals surface area contributed by atoms with Gasteiger partial charge in [0.25, 0.3) is 0 Å². The molecule has 1 saturated carbocycles. The Morgan fingerprint density at radius 3 is 2.46 bits per heavy atom. The molecule has 2 aromatic carbocycles. The monoisotopic (exact) mass is 371 g/mol. The standard InChI is InChI=1S/C24H23N2O2/c1-13-19(15-9-5-7-11-17(15)25(13)3)21-23(27)22(24(21)28)20-14(2)26(4)18-12-8-6-10-16(18)20/h5-12,21,23,27H,1-4H3/q+1. The largest absolute Gasteiger partial charge is 0.387 e. The number of hydrogen-bond acceptors (Lipinski definition) is 2. The maximum atomic E-state index is 13.4.